The van der Waals surface area contributed by atoms with Crippen molar-refractivity contribution >= 4 is 33.7 Å². The highest BCUT2D eigenvalue weighted by molar-refractivity contribution is 9.10. The Bertz CT molecular complexity index is 549. The zero-order valence-electron chi connectivity index (χ0n) is 14.3. The third kappa shape index (κ3) is 3.46. The molecule has 0 aromatic rings. The van der Waals surface area contributed by atoms with E-state index in [1.54, 1.807) is 14.1 Å². The molecule has 0 saturated heterocycles. The van der Waals surface area contributed by atoms with Crippen LogP contribution in [0.1, 0.15) is 38.5 Å². The molecule has 6 nitrogen and oxygen atoms in total. The van der Waals surface area contributed by atoms with Crippen LogP contribution in [0, 0.1) is 17.3 Å². The van der Waals surface area contributed by atoms with Gasteiger partial charge in [0.15, 0.2) is 6.61 Å². The van der Waals surface area contributed by atoms with Gasteiger partial charge in [-0.2, -0.15) is 0 Å². The predicted molar refractivity (Wildman–Crippen MR) is 91.4 cm³/mol. The van der Waals surface area contributed by atoms with E-state index < -0.39 is 11.3 Å². The average Bonchev–Trinajstić information content (AvgIpc) is 2.47. The third-order valence-corrected chi connectivity index (χ3v) is 6.62. The number of esters is 1. The van der Waals surface area contributed by atoms with E-state index in [0.717, 1.165) is 32.1 Å². The van der Waals surface area contributed by atoms with Crippen LogP contribution in [0.15, 0.2) is 0 Å². The maximum absolute atomic E-state index is 12.7. The summed E-state index contributed by atoms with van der Waals surface area (Å²) in [6, 6.07) is 0. The monoisotopic (exact) mass is 400 g/mol. The van der Waals surface area contributed by atoms with Gasteiger partial charge in [-0.05, 0) is 50.4 Å². The molecule has 0 heterocycles. The van der Waals surface area contributed by atoms with Crippen LogP contribution in [0.5, 0.6) is 0 Å². The predicted octanol–water partition coefficient (Wildman–Crippen LogP) is 1.47. The molecular formula is C17H25BrN2O4. The van der Waals surface area contributed by atoms with Gasteiger partial charge < -0.3 is 15.0 Å². The van der Waals surface area contributed by atoms with Gasteiger partial charge in [0.05, 0.1) is 12.0 Å². The molecule has 4 rings (SSSR count). The van der Waals surface area contributed by atoms with E-state index in [1.807, 2.05) is 0 Å². The average molecular weight is 401 g/mol. The van der Waals surface area contributed by atoms with Crippen LogP contribution in [0.2, 0.25) is 0 Å². The molecule has 4 bridgehead atoms. The zero-order chi connectivity index (χ0) is 17.5. The Morgan fingerprint density at radius 1 is 1.17 bits per heavy atom. The summed E-state index contributed by atoms with van der Waals surface area (Å²) in [6.45, 7) is -0.394. The molecule has 134 valence electrons. The molecule has 1 N–H and O–H groups in total. The van der Waals surface area contributed by atoms with Gasteiger partial charge in [-0.1, -0.05) is 15.9 Å². The first-order valence-electron chi connectivity index (χ1n) is 8.54. The van der Waals surface area contributed by atoms with Gasteiger partial charge in [0.2, 0.25) is 5.91 Å². The Morgan fingerprint density at radius 2 is 1.79 bits per heavy atom. The Kier molecular flexibility index (Phi) is 4.66. The number of halogens is 1. The summed E-state index contributed by atoms with van der Waals surface area (Å²) in [7, 11) is 3.25. The summed E-state index contributed by atoms with van der Waals surface area (Å²) in [5.74, 6) is 0.303. The standard InChI is InChI=1S/C17H25BrN2O4/c1-20(2)14(22)8-19-13(21)9-24-15(23)16-4-11-3-12(5-16)7-17(18,6-11)10-16/h11-12H,3-10H2,1-2H3,(H,19,21)/t11-,12-,16?,17?/m0/s1. The molecule has 0 aliphatic heterocycles. The first-order chi connectivity index (χ1) is 11.2. The number of hydrogen-bond acceptors (Lipinski definition) is 4. The Labute approximate surface area is 150 Å². The lowest BCUT2D eigenvalue weighted by Crippen LogP contribution is -2.56. The topological polar surface area (TPSA) is 75.7 Å². The summed E-state index contributed by atoms with van der Waals surface area (Å²) in [5, 5.41) is 2.48. The summed E-state index contributed by atoms with van der Waals surface area (Å²) in [5.41, 5.74) is -0.423. The van der Waals surface area contributed by atoms with Crippen molar-refractivity contribution in [1.82, 2.24) is 10.2 Å². The normalized spacial score (nSPS) is 36.3. The minimum atomic E-state index is -0.433. The van der Waals surface area contributed by atoms with E-state index in [2.05, 4.69) is 21.2 Å². The molecule has 24 heavy (non-hydrogen) atoms. The number of ether oxygens (including phenoxy) is 1. The van der Waals surface area contributed by atoms with Crippen LogP contribution in [-0.2, 0) is 19.1 Å². The van der Waals surface area contributed by atoms with E-state index in [9.17, 15) is 14.4 Å². The lowest BCUT2D eigenvalue weighted by Gasteiger charge is -2.58. The maximum Gasteiger partial charge on any atom is 0.312 e. The number of carbonyl (C=O) groups excluding carboxylic acids is 3. The highest BCUT2D eigenvalue weighted by Crippen LogP contribution is 2.64. The first kappa shape index (κ1) is 17.7. The first-order valence-corrected chi connectivity index (χ1v) is 9.34. The second kappa shape index (κ2) is 6.32. The number of nitrogens with zero attached hydrogens (tertiary/aromatic N) is 1. The summed E-state index contributed by atoms with van der Waals surface area (Å²) in [4.78, 5) is 37.3. The smallest absolute Gasteiger partial charge is 0.312 e. The number of rotatable bonds is 5. The number of amides is 2. The Hall–Kier alpha value is -1.11. The molecule has 4 saturated carbocycles. The lowest BCUT2D eigenvalue weighted by molar-refractivity contribution is -0.171. The SMILES string of the molecule is CN(C)C(=O)CNC(=O)COC(=O)C12C[C@@H]3C[C@H](CC(Br)(C3)C1)C2. The van der Waals surface area contributed by atoms with Crippen molar-refractivity contribution in [2.45, 2.75) is 42.8 Å². The number of alkyl halides is 1. The van der Waals surface area contributed by atoms with E-state index >= 15 is 0 Å². The van der Waals surface area contributed by atoms with E-state index in [0.29, 0.717) is 11.8 Å². The molecule has 0 spiro atoms. The van der Waals surface area contributed by atoms with E-state index in [4.69, 9.17) is 4.74 Å². The molecule has 0 aromatic heterocycles. The molecule has 0 unspecified atom stereocenters. The van der Waals surface area contributed by atoms with Crippen LogP contribution >= 0.6 is 15.9 Å². The van der Waals surface area contributed by atoms with Gasteiger partial charge >= 0.3 is 5.97 Å². The Morgan fingerprint density at radius 3 is 2.33 bits per heavy atom. The number of nitrogens with one attached hydrogen (secondary N) is 1. The molecule has 2 amide bonds. The summed E-state index contributed by atoms with van der Waals surface area (Å²) in [6.07, 6.45) is 6.09. The Balaban J connectivity index is 1.52. The highest BCUT2D eigenvalue weighted by Gasteiger charge is 2.60. The fraction of sp³-hybridized carbons (Fsp3) is 0.824. The van der Waals surface area contributed by atoms with Crippen molar-refractivity contribution < 1.29 is 19.1 Å². The van der Waals surface area contributed by atoms with Crippen molar-refractivity contribution in [2.24, 2.45) is 17.3 Å². The minimum Gasteiger partial charge on any atom is -0.455 e. The maximum atomic E-state index is 12.7. The molecular weight excluding hydrogens is 376 g/mol. The van der Waals surface area contributed by atoms with Gasteiger partial charge in [-0.25, -0.2) is 0 Å². The van der Waals surface area contributed by atoms with E-state index in [1.165, 1.54) is 11.3 Å². The van der Waals surface area contributed by atoms with Crippen molar-refractivity contribution in [2.75, 3.05) is 27.2 Å². The second-order valence-electron chi connectivity index (χ2n) is 8.03. The van der Waals surface area contributed by atoms with Crippen molar-refractivity contribution in [3.8, 4) is 0 Å². The number of carbonyl (C=O) groups is 3. The van der Waals surface area contributed by atoms with Crippen molar-refractivity contribution in [3.63, 3.8) is 0 Å². The van der Waals surface area contributed by atoms with Gasteiger partial charge in [-0.3, -0.25) is 14.4 Å². The van der Waals surface area contributed by atoms with Crippen molar-refractivity contribution in [1.29, 1.82) is 0 Å². The van der Waals surface area contributed by atoms with Crippen LogP contribution in [0.3, 0.4) is 0 Å². The van der Waals surface area contributed by atoms with Crippen LogP contribution in [-0.4, -0.2) is 54.3 Å². The fourth-order valence-electron chi connectivity index (χ4n) is 5.06. The van der Waals surface area contributed by atoms with Gasteiger partial charge in [0.1, 0.15) is 0 Å². The molecule has 7 heteroatoms. The molecule has 4 aliphatic carbocycles. The summed E-state index contributed by atoms with van der Waals surface area (Å²) >= 11 is 3.87. The highest BCUT2D eigenvalue weighted by atomic mass is 79.9. The molecule has 4 aliphatic rings. The molecule has 4 fully saturated rings. The van der Waals surface area contributed by atoms with Crippen LogP contribution in [0.25, 0.3) is 0 Å². The number of hydrogen-bond donors (Lipinski definition) is 1. The van der Waals surface area contributed by atoms with Gasteiger partial charge in [0.25, 0.3) is 5.91 Å². The van der Waals surface area contributed by atoms with Crippen LogP contribution in [0.4, 0.5) is 0 Å². The fourth-order valence-corrected chi connectivity index (χ4v) is 6.51. The van der Waals surface area contributed by atoms with Crippen molar-refractivity contribution in [3.05, 3.63) is 0 Å². The lowest BCUT2D eigenvalue weighted by atomic mass is 9.49. The quantitative estimate of drug-likeness (QED) is 0.559. The zero-order valence-corrected chi connectivity index (χ0v) is 15.9. The van der Waals surface area contributed by atoms with E-state index in [-0.39, 0.29) is 29.4 Å². The summed E-state index contributed by atoms with van der Waals surface area (Å²) < 4.78 is 5.41. The minimum absolute atomic E-state index is 0.0799. The van der Waals surface area contributed by atoms with Gasteiger partial charge in [0, 0.05) is 18.4 Å². The molecule has 2 atom stereocenters. The van der Waals surface area contributed by atoms with Gasteiger partial charge in [-0.15, -0.1) is 0 Å². The second-order valence-corrected chi connectivity index (χ2v) is 9.72. The largest absolute Gasteiger partial charge is 0.455 e. The number of likely N-dealkylation sites (N-methyl/N-ethyl adjacent to an activating group) is 1. The molecule has 0 radical (unpaired) electrons. The third-order valence-electron chi connectivity index (χ3n) is 5.69. The van der Waals surface area contributed by atoms with Crippen LogP contribution < -0.4 is 5.32 Å². The molecule has 0 aromatic carbocycles.